The zero-order valence-electron chi connectivity index (χ0n) is 12.2. The summed E-state index contributed by atoms with van der Waals surface area (Å²) in [5.41, 5.74) is -1.23. The summed E-state index contributed by atoms with van der Waals surface area (Å²) in [6.07, 6.45) is -4.56. The van der Waals surface area contributed by atoms with Crippen LogP contribution < -0.4 is 5.69 Å². The molecule has 8 nitrogen and oxygen atoms in total. The highest BCUT2D eigenvalue weighted by atomic mass is 19.3. The molecule has 0 spiro atoms. The molecule has 1 aromatic rings. The SMILES string of the molecule is CN(C)C=Nc1nc(=O)n([C@@H]2O[C@H](CO)[C@@H](O)C2(F)F)cc1F. The molecule has 0 aromatic carbocycles. The molecule has 2 N–H and O–H groups in total. The third-order valence-corrected chi connectivity index (χ3v) is 3.11. The van der Waals surface area contributed by atoms with Crippen molar-refractivity contribution in [2.75, 3.05) is 20.7 Å². The van der Waals surface area contributed by atoms with Crippen LogP contribution in [0.25, 0.3) is 0 Å². The molecule has 0 aliphatic carbocycles. The van der Waals surface area contributed by atoms with E-state index >= 15 is 0 Å². The van der Waals surface area contributed by atoms with Gasteiger partial charge in [-0.1, -0.05) is 0 Å². The zero-order chi connectivity index (χ0) is 17.4. The van der Waals surface area contributed by atoms with Gasteiger partial charge < -0.3 is 19.8 Å². The average molecular weight is 336 g/mol. The summed E-state index contributed by atoms with van der Waals surface area (Å²) >= 11 is 0. The highest BCUT2D eigenvalue weighted by Gasteiger charge is 2.59. The smallest absolute Gasteiger partial charge is 0.352 e. The zero-order valence-corrected chi connectivity index (χ0v) is 12.2. The van der Waals surface area contributed by atoms with Gasteiger partial charge in [-0.25, -0.2) is 14.2 Å². The van der Waals surface area contributed by atoms with E-state index in [0.717, 1.165) is 0 Å². The molecule has 1 fully saturated rings. The number of aliphatic imine (C=N–C) groups is 1. The lowest BCUT2D eigenvalue weighted by Gasteiger charge is -2.21. The number of aliphatic hydroxyl groups excluding tert-OH is 2. The molecular formula is C12H15F3N4O4. The highest BCUT2D eigenvalue weighted by molar-refractivity contribution is 5.58. The minimum atomic E-state index is -3.90. The lowest BCUT2D eigenvalue weighted by molar-refractivity contribution is -0.141. The summed E-state index contributed by atoms with van der Waals surface area (Å²) in [4.78, 5) is 20.2. The second-order valence-corrected chi connectivity index (χ2v) is 5.14. The van der Waals surface area contributed by atoms with Crippen molar-refractivity contribution in [3.05, 3.63) is 22.5 Å². The van der Waals surface area contributed by atoms with Crippen LogP contribution in [0.4, 0.5) is 19.0 Å². The van der Waals surface area contributed by atoms with Gasteiger partial charge in [0.2, 0.25) is 6.23 Å². The van der Waals surface area contributed by atoms with Crippen molar-refractivity contribution in [3.63, 3.8) is 0 Å². The first-order valence-corrected chi connectivity index (χ1v) is 6.50. The normalized spacial score (nSPS) is 26.8. The Hall–Kier alpha value is -1.98. The summed E-state index contributed by atoms with van der Waals surface area (Å²) in [5, 5.41) is 18.3. The highest BCUT2D eigenvalue weighted by Crippen LogP contribution is 2.42. The average Bonchev–Trinajstić information content (AvgIpc) is 2.70. The number of alkyl halides is 2. The van der Waals surface area contributed by atoms with Gasteiger partial charge in [-0.05, 0) is 0 Å². The lowest BCUT2D eigenvalue weighted by atomic mass is 10.1. The van der Waals surface area contributed by atoms with E-state index in [1.807, 2.05) is 0 Å². The maximum absolute atomic E-state index is 14.0. The Morgan fingerprint density at radius 1 is 1.57 bits per heavy atom. The van der Waals surface area contributed by atoms with Gasteiger partial charge in [-0.15, -0.1) is 0 Å². The van der Waals surface area contributed by atoms with E-state index in [0.29, 0.717) is 6.20 Å². The summed E-state index contributed by atoms with van der Waals surface area (Å²) in [7, 11) is 3.21. The van der Waals surface area contributed by atoms with Crippen molar-refractivity contribution in [2.45, 2.75) is 24.4 Å². The molecule has 0 unspecified atom stereocenters. The number of halogens is 3. The fourth-order valence-corrected chi connectivity index (χ4v) is 1.98. The Morgan fingerprint density at radius 2 is 2.22 bits per heavy atom. The van der Waals surface area contributed by atoms with Crippen LogP contribution in [0.5, 0.6) is 0 Å². The maximum atomic E-state index is 14.0. The van der Waals surface area contributed by atoms with Crippen LogP contribution >= 0.6 is 0 Å². The van der Waals surface area contributed by atoms with Gasteiger partial charge in [0, 0.05) is 14.1 Å². The Balaban J connectivity index is 2.42. The van der Waals surface area contributed by atoms with Crippen LogP contribution in [0.1, 0.15) is 6.23 Å². The van der Waals surface area contributed by atoms with E-state index in [1.54, 1.807) is 14.1 Å². The van der Waals surface area contributed by atoms with Crippen molar-refractivity contribution < 1.29 is 28.1 Å². The monoisotopic (exact) mass is 336 g/mol. The molecule has 128 valence electrons. The first-order chi connectivity index (χ1) is 10.7. The van der Waals surface area contributed by atoms with Crippen molar-refractivity contribution in [3.8, 4) is 0 Å². The van der Waals surface area contributed by atoms with E-state index in [-0.39, 0.29) is 4.57 Å². The van der Waals surface area contributed by atoms with Crippen molar-refractivity contribution in [1.29, 1.82) is 0 Å². The first-order valence-electron chi connectivity index (χ1n) is 6.50. The molecule has 1 aromatic heterocycles. The Labute approximate surface area is 128 Å². The van der Waals surface area contributed by atoms with E-state index in [2.05, 4.69) is 9.98 Å². The van der Waals surface area contributed by atoms with E-state index in [4.69, 9.17) is 9.84 Å². The maximum Gasteiger partial charge on any atom is 0.352 e. The largest absolute Gasteiger partial charge is 0.394 e. The van der Waals surface area contributed by atoms with Gasteiger partial charge in [-0.2, -0.15) is 13.8 Å². The van der Waals surface area contributed by atoms with E-state index in [9.17, 15) is 23.1 Å². The number of aromatic nitrogens is 2. The van der Waals surface area contributed by atoms with Crippen LogP contribution in [-0.4, -0.2) is 69.8 Å². The Bertz CT molecular complexity index is 664. The molecule has 0 bridgehead atoms. The van der Waals surface area contributed by atoms with Crippen molar-refractivity contribution >= 4 is 12.2 Å². The molecule has 0 radical (unpaired) electrons. The number of aliphatic hydroxyl groups is 2. The topological polar surface area (TPSA) is 100 Å². The predicted molar refractivity (Wildman–Crippen MR) is 72.2 cm³/mol. The molecule has 2 rings (SSSR count). The van der Waals surface area contributed by atoms with Crippen LogP contribution in [-0.2, 0) is 4.74 Å². The number of ether oxygens (including phenoxy) is 1. The number of hydrogen-bond donors (Lipinski definition) is 2. The molecule has 1 aliphatic rings. The third kappa shape index (κ3) is 3.21. The Morgan fingerprint density at radius 3 is 2.74 bits per heavy atom. The van der Waals surface area contributed by atoms with Crippen LogP contribution in [0.3, 0.4) is 0 Å². The van der Waals surface area contributed by atoms with Crippen LogP contribution in [0.15, 0.2) is 16.0 Å². The van der Waals surface area contributed by atoms with Crippen molar-refractivity contribution in [1.82, 2.24) is 14.5 Å². The molecule has 1 saturated heterocycles. The molecule has 1 aliphatic heterocycles. The molecule has 2 heterocycles. The van der Waals surface area contributed by atoms with Gasteiger partial charge in [0.1, 0.15) is 6.10 Å². The minimum Gasteiger partial charge on any atom is -0.394 e. The summed E-state index contributed by atoms with van der Waals surface area (Å²) in [6, 6.07) is 0. The fraction of sp³-hybridized carbons (Fsp3) is 0.583. The summed E-state index contributed by atoms with van der Waals surface area (Å²) in [5.74, 6) is -5.59. The molecular weight excluding hydrogens is 321 g/mol. The van der Waals surface area contributed by atoms with Crippen LogP contribution in [0.2, 0.25) is 0 Å². The predicted octanol–water partition coefficient (Wildman–Crippen LogP) is -0.510. The van der Waals surface area contributed by atoms with Crippen molar-refractivity contribution in [2.24, 2.45) is 4.99 Å². The second-order valence-electron chi connectivity index (χ2n) is 5.14. The van der Waals surface area contributed by atoms with Gasteiger partial charge >= 0.3 is 11.6 Å². The van der Waals surface area contributed by atoms with E-state index < -0.39 is 48.3 Å². The summed E-state index contributed by atoms with van der Waals surface area (Å²) in [6.45, 7) is -0.886. The second kappa shape index (κ2) is 6.26. The Kier molecular flexibility index (Phi) is 4.73. The molecule has 11 heteroatoms. The third-order valence-electron chi connectivity index (χ3n) is 3.11. The molecule has 3 atom stereocenters. The van der Waals surface area contributed by atoms with Gasteiger partial charge in [-0.3, -0.25) is 4.57 Å². The van der Waals surface area contributed by atoms with Crippen LogP contribution in [0, 0.1) is 5.82 Å². The molecule has 0 saturated carbocycles. The quantitative estimate of drug-likeness (QED) is 0.567. The molecule has 0 amide bonds. The fourth-order valence-electron chi connectivity index (χ4n) is 1.98. The minimum absolute atomic E-state index is 0.225. The number of rotatable bonds is 4. The van der Waals surface area contributed by atoms with Gasteiger partial charge in [0.25, 0.3) is 0 Å². The number of nitrogens with zero attached hydrogens (tertiary/aromatic N) is 4. The van der Waals surface area contributed by atoms with Gasteiger partial charge in [0.05, 0.1) is 19.1 Å². The first kappa shape index (κ1) is 17.4. The van der Waals surface area contributed by atoms with Gasteiger partial charge in [0.15, 0.2) is 17.7 Å². The number of hydrogen-bond acceptors (Lipinski definition) is 6. The van der Waals surface area contributed by atoms with E-state index in [1.165, 1.54) is 11.2 Å². The molecule has 23 heavy (non-hydrogen) atoms. The lowest BCUT2D eigenvalue weighted by Crippen LogP contribution is -2.41. The standard InChI is InChI=1S/C12H15F3N4O4/c1-18(2)5-16-9-6(13)3-19(11(22)17-9)10-12(14,15)8(21)7(4-20)23-10/h3,5,7-8,10,20-21H,4H2,1-2H3/t7-,8-,10-/m1/s1. The summed E-state index contributed by atoms with van der Waals surface area (Å²) < 4.78 is 46.8.